The molecule has 4 nitrogen and oxygen atoms in total. The van der Waals surface area contributed by atoms with Gasteiger partial charge in [0, 0.05) is 19.1 Å². The number of nitrogens with zero attached hydrogens (tertiary/aromatic N) is 1. The molecule has 1 heterocycles. The Hall–Kier alpha value is -1.39. The summed E-state index contributed by atoms with van der Waals surface area (Å²) in [4.78, 5) is 15.2. The molecule has 3 atom stereocenters. The second-order valence-corrected chi connectivity index (χ2v) is 6.82. The number of amides is 1. The van der Waals surface area contributed by atoms with Crippen molar-refractivity contribution in [1.29, 1.82) is 0 Å². The summed E-state index contributed by atoms with van der Waals surface area (Å²) >= 11 is 0. The molecule has 1 aliphatic heterocycles. The molecule has 0 spiro atoms. The van der Waals surface area contributed by atoms with Gasteiger partial charge >= 0.3 is 0 Å². The van der Waals surface area contributed by atoms with Crippen molar-refractivity contribution < 1.29 is 9.53 Å². The number of hydrogen-bond acceptors (Lipinski definition) is 3. The molecule has 3 rings (SSSR count). The summed E-state index contributed by atoms with van der Waals surface area (Å²) in [6, 6.07) is 10.6. The van der Waals surface area contributed by atoms with E-state index in [1.807, 2.05) is 6.07 Å². The summed E-state index contributed by atoms with van der Waals surface area (Å²) in [5, 5.41) is 0. The van der Waals surface area contributed by atoms with Crippen LogP contribution < -0.4 is 5.73 Å². The van der Waals surface area contributed by atoms with Crippen LogP contribution in [0.25, 0.3) is 0 Å². The van der Waals surface area contributed by atoms with Gasteiger partial charge in [-0.05, 0) is 43.7 Å². The van der Waals surface area contributed by atoms with Crippen molar-refractivity contribution in [2.45, 2.75) is 38.1 Å². The van der Waals surface area contributed by atoms with E-state index >= 15 is 0 Å². The van der Waals surface area contributed by atoms with E-state index in [9.17, 15) is 4.79 Å². The first-order chi connectivity index (χ1) is 11.3. The fraction of sp³-hybridized carbons (Fsp3) is 0.632. The lowest BCUT2D eigenvalue weighted by atomic mass is 9.93. The lowest BCUT2D eigenvalue weighted by Gasteiger charge is -2.32. The number of carbonyl (C=O) groups is 1. The number of rotatable bonds is 6. The smallest absolute Gasteiger partial charge is 0.226 e. The molecule has 1 aliphatic carbocycles. The summed E-state index contributed by atoms with van der Waals surface area (Å²) in [6.07, 6.45) is 5.09. The minimum atomic E-state index is 0.122. The van der Waals surface area contributed by atoms with E-state index in [2.05, 4.69) is 29.2 Å². The van der Waals surface area contributed by atoms with E-state index in [0.717, 1.165) is 45.3 Å². The van der Waals surface area contributed by atoms with Crippen LogP contribution in [0.3, 0.4) is 0 Å². The van der Waals surface area contributed by atoms with E-state index in [1.165, 1.54) is 5.56 Å². The van der Waals surface area contributed by atoms with Gasteiger partial charge in [-0.25, -0.2) is 0 Å². The van der Waals surface area contributed by atoms with Gasteiger partial charge in [-0.15, -0.1) is 0 Å². The summed E-state index contributed by atoms with van der Waals surface area (Å²) in [5.41, 5.74) is 7.17. The fourth-order valence-corrected chi connectivity index (χ4v) is 3.99. The van der Waals surface area contributed by atoms with Crippen LogP contribution in [0.4, 0.5) is 0 Å². The van der Waals surface area contributed by atoms with Gasteiger partial charge < -0.3 is 15.4 Å². The Morgan fingerprint density at radius 1 is 1.22 bits per heavy atom. The fourth-order valence-electron chi connectivity index (χ4n) is 3.99. The second-order valence-electron chi connectivity index (χ2n) is 6.82. The van der Waals surface area contributed by atoms with E-state index in [0.29, 0.717) is 25.0 Å². The van der Waals surface area contributed by atoms with Crippen molar-refractivity contribution in [2.24, 2.45) is 17.6 Å². The Morgan fingerprint density at radius 3 is 2.74 bits per heavy atom. The molecule has 1 aromatic carbocycles. The third kappa shape index (κ3) is 3.93. The SMILES string of the molecule is NC[C@H]1CCC[C@H]1C(=O)N(CCc1ccccc1)C1CCOC1. The van der Waals surface area contributed by atoms with E-state index < -0.39 is 0 Å². The minimum absolute atomic E-state index is 0.122. The molecule has 2 fully saturated rings. The van der Waals surface area contributed by atoms with Gasteiger partial charge in [0.15, 0.2) is 0 Å². The average Bonchev–Trinajstić information content (AvgIpc) is 3.27. The maximum Gasteiger partial charge on any atom is 0.226 e. The first kappa shape index (κ1) is 16.5. The molecule has 23 heavy (non-hydrogen) atoms. The third-order valence-corrected chi connectivity index (χ3v) is 5.39. The molecule has 1 unspecified atom stereocenters. The zero-order valence-electron chi connectivity index (χ0n) is 13.8. The molecule has 2 aliphatic rings. The molecule has 4 heteroatoms. The van der Waals surface area contributed by atoms with Crippen LogP contribution in [0.15, 0.2) is 30.3 Å². The predicted octanol–water partition coefficient (Wildman–Crippen LogP) is 2.22. The molecular weight excluding hydrogens is 288 g/mol. The zero-order valence-corrected chi connectivity index (χ0v) is 13.8. The van der Waals surface area contributed by atoms with Crippen LogP contribution in [0.2, 0.25) is 0 Å². The van der Waals surface area contributed by atoms with Gasteiger partial charge in [0.2, 0.25) is 5.91 Å². The Kier molecular flexibility index (Phi) is 5.68. The van der Waals surface area contributed by atoms with Gasteiger partial charge in [0.05, 0.1) is 12.6 Å². The summed E-state index contributed by atoms with van der Waals surface area (Å²) < 4.78 is 5.54. The highest BCUT2D eigenvalue weighted by molar-refractivity contribution is 5.80. The maximum atomic E-state index is 13.1. The Balaban J connectivity index is 1.68. The Morgan fingerprint density at radius 2 is 2.04 bits per heavy atom. The lowest BCUT2D eigenvalue weighted by molar-refractivity contribution is -0.139. The van der Waals surface area contributed by atoms with Gasteiger partial charge in [-0.1, -0.05) is 36.8 Å². The molecular formula is C19H28N2O2. The summed E-state index contributed by atoms with van der Waals surface area (Å²) in [6.45, 7) is 2.86. The first-order valence-electron chi connectivity index (χ1n) is 8.92. The monoisotopic (exact) mass is 316 g/mol. The van der Waals surface area contributed by atoms with Gasteiger partial charge in [-0.3, -0.25) is 4.79 Å². The van der Waals surface area contributed by atoms with E-state index in [1.54, 1.807) is 0 Å². The van der Waals surface area contributed by atoms with Crippen LogP contribution >= 0.6 is 0 Å². The van der Waals surface area contributed by atoms with Gasteiger partial charge in [-0.2, -0.15) is 0 Å². The highest BCUT2D eigenvalue weighted by Gasteiger charge is 2.37. The van der Waals surface area contributed by atoms with E-state index in [-0.39, 0.29) is 12.0 Å². The van der Waals surface area contributed by atoms with Gasteiger partial charge in [0.1, 0.15) is 0 Å². The van der Waals surface area contributed by atoms with Crippen LogP contribution in [0.1, 0.15) is 31.2 Å². The van der Waals surface area contributed by atoms with Crippen molar-refractivity contribution in [3.63, 3.8) is 0 Å². The molecule has 126 valence electrons. The van der Waals surface area contributed by atoms with Crippen LogP contribution in [0.5, 0.6) is 0 Å². The average molecular weight is 316 g/mol. The Labute approximate surface area is 139 Å². The summed E-state index contributed by atoms with van der Waals surface area (Å²) in [7, 11) is 0. The molecule has 1 saturated heterocycles. The molecule has 1 amide bonds. The number of hydrogen-bond donors (Lipinski definition) is 1. The normalized spacial score (nSPS) is 27.3. The zero-order chi connectivity index (χ0) is 16.1. The quantitative estimate of drug-likeness (QED) is 0.875. The predicted molar refractivity (Wildman–Crippen MR) is 91.0 cm³/mol. The summed E-state index contributed by atoms with van der Waals surface area (Å²) in [5.74, 6) is 0.796. The lowest BCUT2D eigenvalue weighted by Crippen LogP contribution is -2.46. The third-order valence-electron chi connectivity index (χ3n) is 5.39. The number of ether oxygens (including phenoxy) is 1. The van der Waals surface area contributed by atoms with Crippen molar-refractivity contribution in [3.8, 4) is 0 Å². The van der Waals surface area contributed by atoms with Crippen LogP contribution in [-0.4, -0.2) is 43.2 Å². The van der Waals surface area contributed by atoms with Crippen molar-refractivity contribution >= 4 is 5.91 Å². The highest BCUT2D eigenvalue weighted by atomic mass is 16.5. The van der Waals surface area contributed by atoms with Crippen LogP contribution in [0, 0.1) is 11.8 Å². The number of carbonyl (C=O) groups excluding carboxylic acids is 1. The van der Waals surface area contributed by atoms with Crippen LogP contribution in [-0.2, 0) is 16.0 Å². The van der Waals surface area contributed by atoms with E-state index in [4.69, 9.17) is 10.5 Å². The molecule has 0 radical (unpaired) electrons. The molecule has 0 aromatic heterocycles. The van der Waals surface area contributed by atoms with Gasteiger partial charge in [0.25, 0.3) is 0 Å². The topological polar surface area (TPSA) is 55.6 Å². The van der Waals surface area contributed by atoms with Crippen molar-refractivity contribution in [1.82, 2.24) is 4.90 Å². The second kappa shape index (κ2) is 7.93. The van der Waals surface area contributed by atoms with Crippen molar-refractivity contribution in [3.05, 3.63) is 35.9 Å². The largest absolute Gasteiger partial charge is 0.379 e. The number of benzene rings is 1. The molecule has 2 N–H and O–H groups in total. The minimum Gasteiger partial charge on any atom is -0.379 e. The maximum absolute atomic E-state index is 13.1. The standard InChI is InChI=1S/C19H28N2O2/c20-13-16-7-4-8-18(16)19(22)21(17-10-12-23-14-17)11-9-15-5-2-1-3-6-15/h1-3,5-6,16-18H,4,7-14,20H2/t16-,17?,18-/m1/s1. The molecule has 1 aromatic rings. The Bertz CT molecular complexity index is 499. The molecule has 0 bridgehead atoms. The first-order valence-corrected chi connectivity index (χ1v) is 8.92. The number of nitrogens with two attached hydrogens (primary N) is 1. The molecule has 1 saturated carbocycles. The highest BCUT2D eigenvalue weighted by Crippen LogP contribution is 2.33. The van der Waals surface area contributed by atoms with Crippen molar-refractivity contribution in [2.75, 3.05) is 26.3 Å².